The second-order valence-electron chi connectivity index (χ2n) is 5.44. The van der Waals surface area contributed by atoms with E-state index in [1.54, 1.807) is 24.3 Å². The summed E-state index contributed by atoms with van der Waals surface area (Å²) in [5, 5.41) is 25.1. The summed E-state index contributed by atoms with van der Waals surface area (Å²) < 4.78 is 28.2. The summed E-state index contributed by atoms with van der Waals surface area (Å²) in [4.78, 5) is 20.8. The van der Waals surface area contributed by atoms with Gasteiger partial charge in [0.1, 0.15) is 11.4 Å². The molecule has 150 valence electrons. The van der Waals surface area contributed by atoms with Gasteiger partial charge < -0.3 is 19.1 Å². The van der Waals surface area contributed by atoms with Crippen LogP contribution in [-0.4, -0.2) is 31.2 Å². The van der Waals surface area contributed by atoms with Crippen LogP contribution in [0.2, 0.25) is 0 Å². The first kappa shape index (κ1) is 21.3. The van der Waals surface area contributed by atoms with Crippen molar-refractivity contribution in [2.45, 2.75) is 5.78 Å². The number of methoxy groups -OCH3 is 1. The fourth-order valence-electron chi connectivity index (χ4n) is 2.47. The quantitative estimate of drug-likeness (QED) is 0.366. The van der Waals surface area contributed by atoms with Crippen molar-refractivity contribution in [3.63, 3.8) is 0 Å². The third-order valence-electron chi connectivity index (χ3n) is 3.94. The zero-order valence-corrected chi connectivity index (χ0v) is 16.1. The maximum atomic E-state index is 13.1. The molecule has 0 saturated heterocycles. The molecule has 0 aliphatic carbocycles. The number of hydrogen-bond donors (Lipinski definition) is 1. The maximum absolute atomic E-state index is 13.1. The molecule has 1 N–H and O–H groups in total. The summed E-state index contributed by atoms with van der Waals surface area (Å²) in [5.41, 5.74) is -0.627. The fourth-order valence-corrected chi connectivity index (χ4v) is 3.88. The number of rotatable bonds is 9. The lowest BCUT2D eigenvalue weighted by Gasteiger charge is -2.26. The van der Waals surface area contributed by atoms with E-state index in [0.717, 1.165) is 12.1 Å². The van der Waals surface area contributed by atoms with Crippen LogP contribution in [0.1, 0.15) is 11.3 Å². The average Bonchev–Trinajstić information content (AvgIpc) is 2.71. The largest absolute Gasteiger partial charge is 0.497 e. The molecule has 1 atom stereocenters. The molecule has 11 nitrogen and oxygen atoms in total. The summed E-state index contributed by atoms with van der Waals surface area (Å²) in [6, 6.07) is 9.51. The lowest BCUT2D eigenvalue weighted by Crippen LogP contribution is -2.14. The van der Waals surface area contributed by atoms with Gasteiger partial charge in [0.15, 0.2) is 5.78 Å². The fraction of sp³-hybridized carbons (Fsp3) is 0.250. The van der Waals surface area contributed by atoms with E-state index in [9.17, 15) is 24.8 Å². The predicted molar refractivity (Wildman–Crippen MR) is 101 cm³/mol. The SMILES string of the molecule is COc1ccc(C(Nc2ccc([N+](=O)[O-])cc2[N+](=O)[O-])P(=O)(OC)OC)cc1. The number of nitrogens with one attached hydrogen (secondary N) is 1. The minimum atomic E-state index is -3.79. The molecule has 2 aromatic carbocycles. The van der Waals surface area contributed by atoms with Crippen LogP contribution in [-0.2, 0) is 13.6 Å². The number of hydrogen-bond acceptors (Lipinski definition) is 9. The minimum Gasteiger partial charge on any atom is -0.497 e. The van der Waals surface area contributed by atoms with E-state index in [2.05, 4.69) is 5.32 Å². The number of anilines is 1. The summed E-state index contributed by atoms with van der Waals surface area (Å²) in [5.74, 6) is -0.568. The van der Waals surface area contributed by atoms with E-state index < -0.39 is 34.6 Å². The van der Waals surface area contributed by atoms with Crippen molar-refractivity contribution in [2.75, 3.05) is 26.6 Å². The number of non-ortho nitro benzene ring substituents is 1. The molecule has 2 aromatic rings. The summed E-state index contributed by atoms with van der Waals surface area (Å²) in [6.07, 6.45) is 0. The number of ether oxygens (including phenoxy) is 1. The molecule has 0 saturated carbocycles. The van der Waals surface area contributed by atoms with Crippen LogP contribution in [0, 0.1) is 20.2 Å². The molecular weight excluding hydrogens is 393 g/mol. The van der Waals surface area contributed by atoms with Gasteiger partial charge in [-0.3, -0.25) is 24.8 Å². The Hall–Kier alpha value is -3.01. The van der Waals surface area contributed by atoms with Crippen molar-refractivity contribution in [3.8, 4) is 5.75 Å². The van der Waals surface area contributed by atoms with Crippen LogP contribution in [0.25, 0.3) is 0 Å². The third kappa shape index (κ3) is 4.45. The normalized spacial score (nSPS) is 12.2. The van der Waals surface area contributed by atoms with Crippen LogP contribution in [0.15, 0.2) is 42.5 Å². The van der Waals surface area contributed by atoms with Gasteiger partial charge in [0.2, 0.25) is 0 Å². The molecule has 28 heavy (non-hydrogen) atoms. The standard InChI is InChI=1S/C16H18N3O8P/c1-25-13-7-4-11(5-8-13)16(28(24,26-2)27-3)17-14-9-6-12(18(20)21)10-15(14)19(22)23/h4-10,16-17H,1-3H3. The van der Waals surface area contributed by atoms with Gasteiger partial charge >= 0.3 is 7.60 Å². The van der Waals surface area contributed by atoms with Gasteiger partial charge in [0.25, 0.3) is 11.4 Å². The van der Waals surface area contributed by atoms with Crippen molar-refractivity contribution in [1.29, 1.82) is 0 Å². The highest BCUT2D eigenvalue weighted by Crippen LogP contribution is 2.60. The van der Waals surface area contributed by atoms with Crippen LogP contribution in [0.5, 0.6) is 5.75 Å². The van der Waals surface area contributed by atoms with E-state index in [1.165, 1.54) is 27.4 Å². The second kappa shape index (κ2) is 8.79. The average molecular weight is 411 g/mol. The Morgan fingerprint density at radius 1 is 0.964 bits per heavy atom. The zero-order valence-electron chi connectivity index (χ0n) is 15.2. The molecule has 0 aromatic heterocycles. The van der Waals surface area contributed by atoms with Crippen LogP contribution < -0.4 is 10.1 Å². The predicted octanol–water partition coefficient (Wildman–Crippen LogP) is 4.11. The number of nitrogens with zero attached hydrogens (tertiary/aromatic N) is 2. The molecule has 1 unspecified atom stereocenters. The van der Waals surface area contributed by atoms with Crippen molar-refractivity contribution >= 4 is 24.7 Å². The Balaban J connectivity index is 2.55. The lowest BCUT2D eigenvalue weighted by atomic mass is 10.2. The molecule has 0 aliphatic rings. The van der Waals surface area contributed by atoms with Gasteiger partial charge in [-0.15, -0.1) is 0 Å². The summed E-state index contributed by atoms with van der Waals surface area (Å²) >= 11 is 0. The summed E-state index contributed by atoms with van der Waals surface area (Å²) in [6.45, 7) is 0. The molecule has 2 rings (SSSR count). The molecule has 0 bridgehead atoms. The molecule has 0 heterocycles. The Morgan fingerprint density at radius 3 is 2.04 bits per heavy atom. The Kier molecular flexibility index (Phi) is 6.68. The Labute approximate surface area is 160 Å². The van der Waals surface area contributed by atoms with Crippen molar-refractivity contribution in [2.24, 2.45) is 0 Å². The third-order valence-corrected chi connectivity index (χ3v) is 6.02. The highest BCUT2D eigenvalue weighted by molar-refractivity contribution is 7.54. The van der Waals surface area contributed by atoms with Crippen LogP contribution in [0.3, 0.4) is 0 Å². The van der Waals surface area contributed by atoms with Gasteiger partial charge in [-0.05, 0) is 23.8 Å². The van der Waals surface area contributed by atoms with Gasteiger partial charge in [0.05, 0.1) is 23.0 Å². The molecule has 0 spiro atoms. The van der Waals surface area contributed by atoms with Crippen LogP contribution in [0.4, 0.5) is 17.1 Å². The van der Waals surface area contributed by atoms with E-state index in [1.807, 2.05) is 0 Å². The molecule has 0 radical (unpaired) electrons. The van der Waals surface area contributed by atoms with Gasteiger partial charge in [0, 0.05) is 20.3 Å². The first-order valence-electron chi connectivity index (χ1n) is 7.80. The molecule has 0 amide bonds. The number of benzene rings is 2. The number of nitro groups is 2. The first-order valence-corrected chi connectivity index (χ1v) is 9.41. The highest BCUT2D eigenvalue weighted by Gasteiger charge is 2.37. The Morgan fingerprint density at radius 2 is 1.57 bits per heavy atom. The maximum Gasteiger partial charge on any atom is 0.356 e. The first-order chi connectivity index (χ1) is 13.3. The van der Waals surface area contributed by atoms with Gasteiger partial charge in [-0.25, -0.2) is 0 Å². The Bertz CT molecular complexity index is 911. The zero-order chi connectivity index (χ0) is 20.9. The molecule has 12 heteroatoms. The second-order valence-corrected chi connectivity index (χ2v) is 7.77. The molecular formula is C16H18N3O8P. The number of nitro benzene ring substituents is 2. The van der Waals surface area contributed by atoms with Gasteiger partial charge in [-0.2, -0.15) is 0 Å². The molecule has 0 fully saturated rings. The van der Waals surface area contributed by atoms with E-state index in [-0.39, 0.29) is 5.69 Å². The topological polar surface area (TPSA) is 143 Å². The molecule has 0 aliphatic heterocycles. The minimum absolute atomic E-state index is 0.0780. The monoisotopic (exact) mass is 411 g/mol. The van der Waals surface area contributed by atoms with E-state index in [4.69, 9.17) is 13.8 Å². The van der Waals surface area contributed by atoms with Crippen molar-refractivity contribution in [1.82, 2.24) is 0 Å². The van der Waals surface area contributed by atoms with Crippen LogP contribution >= 0.6 is 7.60 Å². The lowest BCUT2D eigenvalue weighted by molar-refractivity contribution is -0.393. The highest BCUT2D eigenvalue weighted by atomic mass is 31.2. The van der Waals surface area contributed by atoms with Gasteiger partial charge in [-0.1, -0.05) is 12.1 Å². The van der Waals surface area contributed by atoms with E-state index >= 15 is 0 Å². The smallest absolute Gasteiger partial charge is 0.356 e. The van der Waals surface area contributed by atoms with E-state index in [0.29, 0.717) is 11.3 Å². The van der Waals surface area contributed by atoms with Crippen molar-refractivity contribution in [3.05, 3.63) is 68.3 Å². The van der Waals surface area contributed by atoms with Crippen molar-refractivity contribution < 1.29 is 28.2 Å². The summed E-state index contributed by atoms with van der Waals surface area (Å²) in [7, 11) is 0.0691.